The fourth-order valence-electron chi connectivity index (χ4n) is 2.80. The molecule has 1 rings (SSSR count). The van der Waals surface area contributed by atoms with Gasteiger partial charge in [0.25, 0.3) is 0 Å². The number of hydrogen-bond donors (Lipinski definition) is 1. The number of nitrogens with zero attached hydrogens (tertiary/aromatic N) is 2. The number of piperazine rings is 1. The van der Waals surface area contributed by atoms with Crippen molar-refractivity contribution in [3.63, 3.8) is 0 Å². The van der Waals surface area contributed by atoms with Crippen molar-refractivity contribution in [2.75, 3.05) is 46.4 Å². The van der Waals surface area contributed by atoms with Crippen LogP contribution in [0.5, 0.6) is 0 Å². The Balaban J connectivity index is 2.06. The monoisotopic (exact) mass is 284 g/mol. The van der Waals surface area contributed by atoms with Crippen LogP contribution in [0.2, 0.25) is 0 Å². The molecule has 1 N–H and O–H groups in total. The van der Waals surface area contributed by atoms with Crippen molar-refractivity contribution in [1.82, 2.24) is 9.80 Å². The first-order valence-electron chi connectivity index (χ1n) is 8.42. The van der Waals surface area contributed by atoms with Crippen LogP contribution in [0.1, 0.15) is 52.9 Å². The second-order valence-electron chi connectivity index (χ2n) is 7.79. The standard InChI is InChI=1S/C17H36N2O/c1-17(2,3)9-8-16(15-20)7-5-6-10-19-13-11-18(4)12-14-19/h16,20H,5-15H2,1-4H3/t16-/m1/s1. The van der Waals surface area contributed by atoms with Gasteiger partial charge in [0.05, 0.1) is 0 Å². The van der Waals surface area contributed by atoms with Gasteiger partial charge in [-0.25, -0.2) is 0 Å². The van der Waals surface area contributed by atoms with E-state index in [9.17, 15) is 5.11 Å². The lowest BCUT2D eigenvalue weighted by atomic mass is 9.85. The molecule has 0 saturated carbocycles. The van der Waals surface area contributed by atoms with E-state index in [2.05, 4.69) is 37.6 Å². The first-order valence-corrected chi connectivity index (χ1v) is 8.42. The zero-order valence-corrected chi connectivity index (χ0v) is 14.2. The molecule has 1 aliphatic heterocycles. The van der Waals surface area contributed by atoms with Gasteiger partial charge in [-0.2, -0.15) is 0 Å². The molecule has 0 aromatic rings. The summed E-state index contributed by atoms with van der Waals surface area (Å²) >= 11 is 0. The highest BCUT2D eigenvalue weighted by Gasteiger charge is 2.16. The molecule has 0 radical (unpaired) electrons. The van der Waals surface area contributed by atoms with Gasteiger partial charge < -0.3 is 14.9 Å². The summed E-state index contributed by atoms with van der Waals surface area (Å²) in [6, 6.07) is 0. The van der Waals surface area contributed by atoms with E-state index in [0.717, 1.165) is 0 Å². The van der Waals surface area contributed by atoms with E-state index in [-0.39, 0.29) is 0 Å². The summed E-state index contributed by atoms with van der Waals surface area (Å²) in [4.78, 5) is 4.99. The summed E-state index contributed by atoms with van der Waals surface area (Å²) < 4.78 is 0. The number of aliphatic hydroxyl groups excluding tert-OH is 1. The number of likely N-dealkylation sites (N-methyl/N-ethyl adjacent to an activating group) is 1. The van der Waals surface area contributed by atoms with Crippen LogP contribution >= 0.6 is 0 Å². The van der Waals surface area contributed by atoms with Crippen molar-refractivity contribution in [1.29, 1.82) is 0 Å². The van der Waals surface area contributed by atoms with Crippen molar-refractivity contribution < 1.29 is 5.11 Å². The minimum atomic E-state index is 0.366. The average molecular weight is 284 g/mol. The molecule has 120 valence electrons. The molecule has 1 fully saturated rings. The van der Waals surface area contributed by atoms with Crippen LogP contribution in [0.4, 0.5) is 0 Å². The normalized spacial score (nSPS) is 20.2. The first kappa shape index (κ1) is 17.9. The second-order valence-corrected chi connectivity index (χ2v) is 7.79. The zero-order valence-electron chi connectivity index (χ0n) is 14.2. The Labute approximate surface area is 126 Å². The Morgan fingerprint density at radius 1 is 1.00 bits per heavy atom. The molecule has 1 saturated heterocycles. The van der Waals surface area contributed by atoms with Gasteiger partial charge in [-0.15, -0.1) is 0 Å². The lowest BCUT2D eigenvalue weighted by Crippen LogP contribution is -2.44. The third-order valence-corrected chi connectivity index (χ3v) is 4.49. The van der Waals surface area contributed by atoms with Crippen molar-refractivity contribution >= 4 is 0 Å². The average Bonchev–Trinajstić information content (AvgIpc) is 2.39. The maximum absolute atomic E-state index is 9.48. The van der Waals surface area contributed by atoms with Gasteiger partial charge in [-0.05, 0) is 50.6 Å². The van der Waals surface area contributed by atoms with Gasteiger partial charge in [0.1, 0.15) is 0 Å². The molecule has 0 aliphatic carbocycles. The molecule has 3 nitrogen and oxygen atoms in total. The molecule has 1 atom stereocenters. The van der Waals surface area contributed by atoms with Gasteiger partial charge in [-0.1, -0.05) is 27.2 Å². The lowest BCUT2D eigenvalue weighted by Gasteiger charge is -2.32. The summed E-state index contributed by atoms with van der Waals surface area (Å²) in [6.07, 6.45) is 6.14. The first-order chi connectivity index (χ1) is 9.40. The molecule has 0 unspecified atom stereocenters. The third-order valence-electron chi connectivity index (χ3n) is 4.49. The predicted molar refractivity (Wildman–Crippen MR) is 87.1 cm³/mol. The Morgan fingerprint density at radius 3 is 2.20 bits per heavy atom. The van der Waals surface area contributed by atoms with E-state index in [0.29, 0.717) is 17.9 Å². The molecule has 0 amide bonds. The summed E-state index contributed by atoms with van der Waals surface area (Å²) in [6.45, 7) is 13.3. The van der Waals surface area contributed by atoms with Crippen LogP contribution in [0.3, 0.4) is 0 Å². The van der Waals surface area contributed by atoms with Gasteiger partial charge in [-0.3, -0.25) is 0 Å². The third kappa shape index (κ3) is 8.23. The topological polar surface area (TPSA) is 26.7 Å². The minimum Gasteiger partial charge on any atom is -0.396 e. The molecule has 1 aliphatic rings. The molecular formula is C17H36N2O. The predicted octanol–water partition coefficient (Wildman–Crippen LogP) is 2.84. The van der Waals surface area contributed by atoms with Crippen LogP contribution in [0.25, 0.3) is 0 Å². The minimum absolute atomic E-state index is 0.366. The number of unbranched alkanes of at least 4 members (excludes halogenated alkanes) is 1. The number of rotatable bonds is 8. The van der Waals surface area contributed by atoms with E-state index >= 15 is 0 Å². The van der Waals surface area contributed by atoms with Crippen LogP contribution in [0.15, 0.2) is 0 Å². The SMILES string of the molecule is CN1CCN(CCCC[C@@H](CO)CCC(C)(C)C)CC1. The van der Waals surface area contributed by atoms with Gasteiger partial charge in [0.2, 0.25) is 0 Å². The number of hydrogen-bond acceptors (Lipinski definition) is 3. The summed E-state index contributed by atoms with van der Waals surface area (Å²) in [5.74, 6) is 0.515. The van der Waals surface area contributed by atoms with Crippen molar-refractivity contribution in [3.8, 4) is 0 Å². The Hall–Kier alpha value is -0.120. The van der Waals surface area contributed by atoms with Crippen LogP contribution < -0.4 is 0 Å². The van der Waals surface area contributed by atoms with Crippen molar-refractivity contribution in [2.24, 2.45) is 11.3 Å². The zero-order chi connectivity index (χ0) is 15.0. The van der Waals surface area contributed by atoms with Crippen LogP contribution in [-0.2, 0) is 0 Å². The molecular weight excluding hydrogens is 248 g/mol. The van der Waals surface area contributed by atoms with Crippen molar-refractivity contribution in [3.05, 3.63) is 0 Å². The smallest absolute Gasteiger partial charge is 0.0459 e. The molecule has 0 aromatic heterocycles. The fourth-order valence-corrected chi connectivity index (χ4v) is 2.80. The Kier molecular flexibility index (Phi) is 8.08. The van der Waals surface area contributed by atoms with Gasteiger partial charge in [0.15, 0.2) is 0 Å². The Morgan fingerprint density at radius 2 is 1.65 bits per heavy atom. The van der Waals surface area contributed by atoms with Crippen LogP contribution in [-0.4, -0.2) is 61.3 Å². The van der Waals surface area contributed by atoms with Gasteiger partial charge in [0, 0.05) is 32.8 Å². The maximum Gasteiger partial charge on any atom is 0.0459 e. The summed E-state index contributed by atoms with van der Waals surface area (Å²) in [7, 11) is 2.21. The lowest BCUT2D eigenvalue weighted by molar-refractivity contribution is 0.148. The summed E-state index contributed by atoms with van der Waals surface area (Å²) in [5, 5.41) is 9.48. The van der Waals surface area contributed by atoms with Gasteiger partial charge >= 0.3 is 0 Å². The largest absolute Gasteiger partial charge is 0.396 e. The Bertz CT molecular complexity index is 242. The summed E-state index contributed by atoms with van der Waals surface area (Å²) in [5.41, 5.74) is 0.396. The van der Waals surface area contributed by atoms with E-state index in [1.54, 1.807) is 0 Å². The van der Waals surface area contributed by atoms with E-state index in [1.165, 1.54) is 64.8 Å². The molecule has 0 spiro atoms. The molecule has 1 heterocycles. The molecule has 3 heteroatoms. The number of aliphatic hydroxyl groups is 1. The second kappa shape index (κ2) is 9.01. The molecule has 20 heavy (non-hydrogen) atoms. The maximum atomic E-state index is 9.48. The van der Waals surface area contributed by atoms with E-state index in [1.807, 2.05) is 0 Å². The quantitative estimate of drug-likeness (QED) is 0.694. The van der Waals surface area contributed by atoms with Crippen LogP contribution in [0, 0.1) is 11.3 Å². The fraction of sp³-hybridized carbons (Fsp3) is 1.00. The highest BCUT2D eigenvalue weighted by Crippen LogP contribution is 2.25. The van der Waals surface area contributed by atoms with E-state index in [4.69, 9.17) is 0 Å². The molecule has 0 bridgehead atoms. The van der Waals surface area contributed by atoms with Crippen molar-refractivity contribution in [2.45, 2.75) is 52.9 Å². The highest BCUT2D eigenvalue weighted by molar-refractivity contribution is 4.70. The van der Waals surface area contributed by atoms with E-state index < -0.39 is 0 Å². The highest BCUT2D eigenvalue weighted by atomic mass is 16.3. The molecule has 0 aromatic carbocycles.